The van der Waals surface area contributed by atoms with Crippen LogP contribution in [0.25, 0.3) is 0 Å². The van der Waals surface area contributed by atoms with E-state index in [0.717, 1.165) is 0 Å². The molecule has 0 heterocycles. The summed E-state index contributed by atoms with van der Waals surface area (Å²) in [6.07, 6.45) is 0. The maximum Gasteiger partial charge on any atom is 0.258 e. The number of hydrogen-bond acceptors (Lipinski definition) is 8. The fourth-order valence-electron chi connectivity index (χ4n) is 2.92. The highest BCUT2D eigenvalue weighted by molar-refractivity contribution is 6.32. The molecule has 0 bridgehead atoms. The Morgan fingerprint density at radius 3 is 2.12 bits per heavy atom. The predicted molar refractivity (Wildman–Crippen MR) is 130 cm³/mol. The average molecular weight is 492 g/mol. The molecule has 34 heavy (non-hydrogen) atoms. The van der Waals surface area contributed by atoms with Gasteiger partial charge in [0.2, 0.25) is 6.04 Å². The molecule has 1 amide bonds. The number of amides is 1. The topological polar surface area (TPSA) is 108 Å². The summed E-state index contributed by atoms with van der Waals surface area (Å²) in [5.74, 6) is 0.598. The van der Waals surface area contributed by atoms with Crippen molar-refractivity contribution in [2.45, 2.75) is 40.7 Å². The van der Waals surface area contributed by atoms with E-state index in [1.807, 2.05) is 20.8 Å². The van der Waals surface area contributed by atoms with Crippen LogP contribution in [0, 0.1) is 0 Å². The molecule has 0 saturated carbocycles. The van der Waals surface area contributed by atoms with Gasteiger partial charge in [-0.15, -0.1) is 0 Å². The lowest BCUT2D eigenvalue weighted by atomic mass is 10.2. The van der Waals surface area contributed by atoms with Crippen molar-refractivity contribution in [1.29, 1.82) is 0 Å². The van der Waals surface area contributed by atoms with E-state index in [1.165, 1.54) is 6.92 Å². The number of carbonyl (C=O) groups excluding carboxylic acids is 2. The average Bonchev–Trinajstić information content (AvgIpc) is 2.78. The van der Waals surface area contributed by atoms with Gasteiger partial charge in [0.05, 0.1) is 37.1 Å². The van der Waals surface area contributed by atoms with Gasteiger partial charge < -0.3 is 24.3 Å². The third kappa shape index (κ3) is 7.34. The maximum atomic E-state index is 13.0. The second kappa shape index (κ2) is 13.4. The van der Waals surface area contributed by atoms with Crippen LogP contribution in [0.5, 0.6) is 23.0 Å². The first-order valence-electron chi connectivity index (χ1n) is 11.0. The van der Waals surface area contributed by atoms with Crippen LogP contribution < -0.4 is 24.3 Å². The molecule has 2 rings (SSSR count). The fourth-order valence-corrected chi connectivity index (χ4v) is 3.13. The van der Waals surface area contributed by atoms with Crippen LogP contribution in [0.3, 0.4) is 0 Å². The van der Waals surface area contributed by atoms with Crippen LogP contribution >= 0.6 is 11.6 Å². The highest BCUT2D eigenvalue weighted by Crippen LogP contribution is 2.37. The van der Waals surface area contributed by atoms with Crippen LogP contribution in [0.4, 0.5) is 11.4 Å². The number of hydrogen-bond donors (Lipinski definition) is 1. The Hall–Kier alpha value is -3.33. The number of rotatable bonds is 13. The highest BCUT2D eigenvalue weighted by Gasteiger charge is 2.25. The number of azo groups is 1. The first-order valence-corrected chi connectivity index (χ1v) is 11.4. The van der Waals surface area contributed by atoms with E-state index in [0.29, 0.717) is 65.8 Å². The molecule has 9 nitrogen and oxygen atoms in total. The second-order valence-corrected chi connectivity index (χ2v) is 7.27. The van der Waals surface area contributed by atoms with Gasteiger partial charge in [-0.2, -0.15) is 10.2 Å². The molecule has 2 aromatic rings. The molecule has 1 atom stereocenters. The zero-order valence-electron chi connectivity index (χ0n) is 20.0. The molecule has 0 aliphatic carbocycles. The van der Waals surface area contributed by atoms with Gasteiger partial charge in [0.25, 0.3) is 5.91 Å². The third-order valence-corrected chi connectivity index (χ3v) is 4.64. The number of halogens is 1. The lowest BCUT2D eigenvalue weighted by Crippen LogP contribution is -2.32. The summed E-state index contributed by atoms with van der Waals surface area (Å²) in [5, 5.41) is 11.1. The molecule has 184 valence electrons. The number of Topliss-reactive ketones (excluding diaryl/α,β-unsaturated/α-hetero) is 1. The van der Waals surface area contributed by atoms with E-state index in [-0.39, 0.29) is 0 Å². The van der Waals surface area contributed by atoms with E-state index in [1.54, 1.807) is 37.3 Å². The Labute approximate surface area is 204 Å². The van der Waals surface area contributed by atoms with Gasteiger partial charge in [0.15, 0.2) is 5.78 Å². The molecule has 0 aromatic heterocycles. The summed E-state index contributed by atoms with van der Waals surface area (Å²) in [5.41, 5.74) is 0.668. The van der Waals surface area contributed by atoms with Crippen molar-refractivity contribution >= 4 is 34.7 Å². The van der Waals surface area contributed by atoms with Crippen molar-refractivity contribution in [2.75, 3.05) is 31.7 Å². The molecule has 1 N–H and O–H groups in total. The summed E-state index contributed by atoms with van der Waals surface area (Å²) in [7, 11) is 0. The lowest BCUT2D eigenvalue weighted by Gasteiger charge is -2.16. The quantitative estimate of drug-likeness (QED) is 0.288. The molecular formula is C24H30ClN3O6. The van der Waals surface area contributed by atoms with Gasteiger partial charge >= 0.3 is 0 Å². The van der Waals surface area contributed by atoms with E-state index >= 15 is 0 Å². The molecule has 10 heteroatoms. The van der Waals surface area contributed by atoms with E-state index in [4.69, 9.17) is 30.5 Å². The largest absolute Gasteiger partial charge is 0.494 e. The van der Waals surface area contributed by atoms with Gasteiger partial charge in [-0.3, -0.25) is 9.59 Å². The molecule has 0 radical (unpaired) electrons. The standard InChI is InChI=1S/C24H30ClN3O6/c1-6-31-16-10-11-18(21(12-16)33-8-3)27-28-23(15(5)29)24(30)26-19-14-20(32-7-2)17(25)13-22(19)34-9-4/h10-14,23H,6-9H2,1-5H3,(H,26,30). The molecule has 0 spiro atoms. The highest BCUT2D eigenvalue weighted by atomic mass is 35.5. The molecule has 0 fully saturated rings. The first-order chi connectivity index (χ1) is 16.3. The summed E-state index contributed by atoms with van der Waals surface area (Å²) < 4.78 is 22.2. The van der Waals surface area contributed by atoms with Crippen LogP contribution in [-0.2, 0) is 9.59 Å². The Balaban J connectivity index is 2.33. The number of anilines is 1. The van der Waals surface area contributed by atoms with Crippen LogP contribution in [0.1, 0.15) is 34.6 Å². The number of ketones is 1. The predicted octanol–water partition coefficient (Wildman–Crippen LogP) is 5.61. The Bertz CT molecular complexity index is 1030. The minimum absolute atomic E-state index is 0.303. The van der Waals surface area contributed by atoms with Crippen LogP contribution in [0.2, 0.25) is 5.02 Å². The van der Waals surface area contributed by atoms with Gasteiger partial charge in [-0.1, -0.05) is 11.6 Å². The van der Waals surface area contributed by atoms with Gasteiger partial charge in [-0.25, -0.2) is 0 Å². The van der Waals surface area contributed by atoms with Crippen molar-refractivity contribution in [3.05, 3.63) is 35.4 Å². The smallest absolute Gasteiger partial charge is 0.258 e. The maximum absolute atomic E-state index is 13.0. The molecule has 0 saturated heterocycles. The summed E-state index contributed by atoms with van der Waals surface area (Å²) in [6.45, 7) is 10.2. The van der Waals surface area contributed by atoms with Crippen molar-refractivity contribution in [1.82, 2.24) is 0 Å². The van der Waals surface area contributed by atoms with Crippen molar-refractivity contribution < 1.29 is 28.5 Å². The first kappa shape index (κ1) is 26.9. The number of carbonyl (C=O) groups is 2. The monoisotopic (exact) mass is 491 g/mol. The van der Waals surface area contributed by atoms with Gasteiger partial charge in [-0.05, 0) is 46.8 Å². The molecular weight excluding hydrogens is 462 g/mol. The second-order valence-electron chi connectivity index (χ2n) is 6.86. The minimum atomic E-state index is -1.39. The number of nitrogens with zero attached hydrogens (tertiary/aromatic N) is 2. The van der Waals surface area contributed by atoms with Crippen molar-refractivity contribution in [3.8, 4) is 23.0 Å². The summed E-state index contributed by atoms with van der Waals surface area (Å²) in [4.78, 5) is 25.2. The van der Waals surface area contributed by atoms with Crippen molar-refractivity contribution in [3.63, 3.8) is 0 Å². The molecule has 0 aliphatic heterocycles. The number of ether oxygens (including phenoxy) is 4. The number of nitrogens with one attached hydrogen (secondary N) is 1. The Kier molecular flexibility index (Phi) is 10.6. The molecule has 1 unspecified atom stereocenters. The zero-order chi connectivity index (χ0) is 25.1. The van der Waals surface area contributed by atoms with Crippen LogP contribution in [0.15, 0.2) is 40.6 Å². The van der Waals surface area contributed by atoms with E-state index < -0.39 is 17.7 Å². The fraction of sp³-hybridized carbons (Fsp3) is 0.417. The van der Waals surface area contributed by atoms with Gasteiger partial charge in [0, 0.05) is 18.2 Å². The molecule has 0 aliphatic rings. The van der Waals surface area contributed by atoms with E-state index in [9.17, 15) is 9.59 Å². The minimum Gasteiger partial charge on any atom is -0.494 e. The summed E-state index contributed by atoms with van der Waals surface area (Å²) >= 11 is 6.23. The zero-order valence-corrected chi connectivity index (χ0v) is 20.8. The van der Waals surface area contributed by atoms with Crippen LogP contribution in [-0.4, -0.2) is 44.2 Å². The summed E-state index contributed by atoms with van der Waals surface area (Å²) in [6, 6.07) is 6.74. The van der Waals surface area contributed by atoms with Gasteiger partial charge in [0.1, 0.15) is 28.7 Å². The SMILES string of the molecule is CCOc1ccc(N=NC(C(C)=O)C(=O)Nc2cc(OCC)c(Cl)cc2OCC)c(OCC)c1. The van der Waals surface area contributed by atoms with Crippen molar-refractivity contribution in [2.24, 2.45) is 10.2 Å². The molecule has 2 aromatic carbocycles. The third-order valence-electron chi connectivity index (χ3n) is 4.35. The normalized spacial score (nSPS) is 11.7. The Morgan fingerprint density at radius 1 is 0.882 bits per heavy atom. The van der Waals surface area contributed by atoms with E-state index in [2.05, 4.69) is 15.5 Å². The Morgan fingerprint density at radius 2 is 1.50 bits per heavy atom. The number of benzene rings is 2. The lowest BCUT2D eigenvalue weighted by molar-refractivity contribution is -0.126.